The van der Waals surface area contributed by atoms with Crippen molar-refractivity contribution >= 4 is 0 Å². The van der Waals surface area contributed by atoms with Crippen molar-refractivity contribution in [3.63, 3.8) is 0 Å². The molecule has 1 N–H and O–H groups in total. The molecule has 0 aliphatic carbocycles. The molecule has 0 aliphatic heterocycles. The van der Waals surface area contributed by atoms with Crippen LogP contribution in [0.5, 0.6) is 0 Å². The van der Waals surface area contributed by atoms with Crippen molar-refractivity contribution in [3.05, 3.63) is 64.7 Å². The van der Waals surface area contributed by atoms with Gasteiger partial charge in [-0.2, -0.15) is 0 Å². The highest BCUT2D eigenvalue weighted by atomic mass is 19.1. The summed E-state index contributed by atoms with van der Waals surface area (Å²) in [6.45, 7) is 13.1. The first-order valence-electron chi connectivity index (χ1n) is 8.24. The Morgan fingerprint density at radius 1 is 1.04 bits per heavy atom. The fourth-order valence-corrected chi connectivity index (χ4v) is 2.13. The lowest BCUT2D eigenvalue weighted by Crippen LogP contribution is -2.16. The lowest BCUT2D eigenvalue weighted by Gasteiger charge is -2.12. The van der Waals surface area contributed by atoms with E-state index in [-0.39, 0.29) is 5.82 Å². The number of nitrogens with one attached hydrogen (secondary N) is 1. The van der Waals surface area contributed by atoms with E-state index in [1.165, 1.54) is 23.4 Å². The van der Waals surface area contributed by atoms with Gasteiger partial charge in [-0.3, -0.25) is 4.98 Å². The fraction of sp³-hybridized carbons (Fsp3) is 0.450. The molecule has 0 aliphatic rings. The number of pyridine rings is 1. The average molecular weight is 318 g/mol. The first kappa shape index (κ1) is 21.3. The van der Waals surface area contributed by atoms with Gasteiger partial charge in [0.05, 0.1) is 6.20 Å². The summed E-state index contributed by atoms with van der Waals surface area (Å²) < 4.78 is 12.7. The lowest BCUT2D eigenvalue weighted by atomic mass is 10.0. The molecule has 3 heteroatoms. The quantitative estimate of drug-likeness (QED) is 0.843. The van der Waals surface area contributed by atoms with E-state index in [2.05, 4.69) is 55.3 Å². The van der Waals surface area contributed by atoms with Crippen LogP contribution in [0, 0.1) is 26.6 Å². The predicted molar refractivity (Wildman–Crippen MR) is 98.5 cm³/mol. The number of aryl methyl sites for hydroxylation is 3. The van der Waals surface area contributed by atoms with Gasteiger partial charge in [0, 0.05) is 18.2 Å². The minimum atomic E-state index is -0.266. The van der Waals surface area contributed by atoms with Gasteiger partial charge in [-0.15, -0.1) is 0 Å². The minimum Gasteiger partial charge on any atom is -0.319 e. The minimum absolute atomic E-state index is 0.266. The standard InChI is InChI=1S/C10H15FN2.C8H10.C2H6/c1-7-4-9(11)6-13-10(7)8(2)5-12-3;1-7-5-3-4-6-8(7)2;1-2/h4,6,8,12H,5H2,1-3H3;3-6H,1-2H3;1-2H3/t8-;;/m0../s1. The summed E-state index contributed by atoms with van der Waals surface area (Å²) in [5.74, 6) is 0.0588. The molecule has 23 heavy (non-hydrogen) atoms. The van der Waals surface area contributed by atoms with Gasteiger partial charge < -0.3 is 5.32 Å². The van der Waals surface area contributed by atoms with Crippen molar-refractivity contribution in [3.8, 4) is 0 Å². The van der Waals surface area contributed by atoms with Gasteiger partial charge in [0.15, 0.2) is 0 Å². The third-order valence-corrected chi connectivity index (χ3v) is 3.49. The summed E-state index contributed by atoms with van der Waals surface area (Å²) in [4.78, 5) is 4.08. The highest BCUT2D eigenvalue weighted by Crippen LogP contribution is 2.16. The molecule has 128 valence electrons. The molecule has 0 saturated carbocycles. The summed E-state index contributed by atoms with van der Waals surface area (Å²) in [5, 5.41) is 3.07. The molecule has 2 nitrogen and oxygen atoms in total. The van der Waals surface area contributed by atoms with E-state index < -0.39 is 0 Å². The van der Waals surface area contributed by atoms with Crippen LogP contribution in [0.25, 0.3) is 0 Å². The summed E-state index contributed by atoms with van der Waals surface area (Å²) in [5.41, 5.74) is 4.62. The van der Waals surface area contributed by atoms with E-state index in [0.29, 0.717) is 5.92 Å². The van der Waals surface area contributed by atoms with E-state index in [1.807, 2.05) is 27.8 Å². The molecule has 2 aromatic rings. The SMILES string of the molecule is CC.CNC[C@H](C)c1ncc(F)cc1C.Cc1ccccc1C. The normalized spacial score (nSPS) is 10.8. The van der Waals surface area contributed by atoms with Crippen LogP contribution in [-0.4, -0.2) is 18.6 Å². The summed E-state index contributed by atoms with van der Waals surface area (Å²) in [7, 11) is 1.90. The summed E-state index contributed by atoms with van der Waals surface area (Å²) in [6.07, 6.45) is 1.27. The summed E-state index contributed by atoms with van der Waals surface area (Å²) in [6, 6.07) is 9.88. The largest absolute Gasteiger partial charge is 0.319 e. The Morgan fingerprint density at radius 3 is 1.96 bits per heavy atom. The number of hydrogen-bond donors (Lipinski definition) is 1. The van der Waals surface area contributed by atoms with Crippen LogP contribution < -0.4 is 5.32 Å². The second-order valence-electron chi connectivity index (χ2n) is 5.40. The smallest absolute Gasteiger partial charge is 0.141 e. The van der Waals surface area contributed by atoms with Gasteiger partial charge in [0.1, 0.15) is 5.82 Å². The number of likely N-dealkylation sites (N-methyl/N-ethyl adjacent to an activating group) is 1. The number of halogens is 1. The molecule has 1 atom stereocenters. The van der Waals surface area contributed by atoms with Gasteiger partial charge in [0.2, 0.25) is 0 Å². The van der Waals surface area contributed by atoms with Crippen LogP contribution in [0.15, 0.2) is 36.5 Å². The zero-order valence-corrected chi connectivity index (χ0v) is 15.6. The highest BCUT2D eigenvalue weighted by molar-refractivity contribution is 5.23. The van der Waals surface area contributed by atoms with Gasteiger partial charge in [0.25, 0.3) is 0 Å². The van der Waals surface area contributed by atoms with Gasteiger partial charge in [-0.05, 0) is 50.6 Å². The number of aromatic nitrogens is 1. The predicted octanol–water partition coefficient (Wildman–Crippen LogP) is 5.18. The van der Waals surface area contributed by atoms with Crippen molar-refractivity contribution < 1.29 is 4.39 Å². The average Bonchev–Trinajstić information content (AvgIpc) is 2.53. The Morgan fingerprint density at radius 2 is 1.57 bits per heavy atom. The number of benzene rings is 1. The van der Waals surface area contributed by atoms with E-state index >= 15 is 0 Å². The van der Waals surface area contributed by atoms with E-state index in [4.69, 9.17) is 0 Å². The number of hydrogen-bond acceptors (Lipinski definition) is 2. The van der Waals surface area contributed by atoms with Crippen LogP contribution in [0.3, 0.4) is 0 Å². The molecular weight excluding hydrogens is 287 g/mol. The van der Waals surface area contributed by atoms with E-state index in [0.717, 1.165) is 17.8 Å². The molecular formula is C20H31FN2. The zero-order valence-electron chi connectivity index (χ0n) is 15.6. The zero-order chi connectivity index (χ0) is 17.8. The first-order valence-corrected chi connectivity index (χ1v) is 8.24. The second kappa shape index (κ2) is 11.8. The maximum absolute atomic E-state index is 12.7. The molecule has 0 spiro atoms. The van der Waals surface area contributed by atoms with Crippen molar-refractivity contribution in [2.24, 2.45) is 0 Å². The monoisotopic (exact) mass is 318 g/mol. The Kier molecular flexibility index (Phi) is 10.9. The van der Waals surface area contributed by atoms with Crippen LogP contribution in [0.4, 0.5) is 4.39 Å². The van der Waals surface area contributed by atoms with Gasteiger partial charge >= 0.3 is 0 Å². The highest BCUT2D eigenvalue weighted by Gasteiger charge is 2.09. The second-order valence-corrected chi connectivity index (χ2v) is 5.40. The molecule has 0 bridgehead atoms. The first-order chi connectivity index (χ1) is 11.0. The Hall–Kier alpha value is -1.74. The van der Waals surface area contributed by atoms with E-state index in [1.54, 1.807) is 0 Å². The summed E-state index contributed by atoms with van der Waals surface area (Å²) >= 11 is 0. The topological polar surface area (TPSA) is 24.9 Å². The third kappa shape index (κ3) is 7.89. The van der Waals surface area contributed by atoms with Crippen molar-refractivity contribution in [2.75, 3.05) is 13.6 Å². The number of nitrogens with zero attached hydrogens (tertiary/aromatic N) is 1. The van der Waals surface area contributed by atoms with Crippen molar-refractivity contribution in [2.45, 2.75) is 47.5 Å². The lowest BCUT2D eigenvalue weighted by molar-refractivity contribution is 0.606. The van der Waals surface area contributed by atoms with E-state index in [9.17, 15) is 4.39 Å². The third-order valence-electron chi connectivity index (χ3n) is 3.49. The molecule has 0 fully saturated rings. The Labute approximate surface area is 141 Å². The van der Waals surface area contributed by atoms with Crippen molar-refractivity contribution in [1.29, 1.82) is 0 Å². The molecule has 0 radical (unpaired) electrons. The Bertz CT molecular complexity index is 546. The molecule has 1 aromatic heterocycles. The molecule has 0 unspecified atom stereocenters. The maximum atomic E-state index is 12.7. The van der Waals surface area contributed by atoms with Gasteiger partial charge in [-0.25, -0.2) is 4.39 Å². The van der Waals surface area contributed by atoms with Crippen LogP contribution in [0.1, 0.15) is 49.1 Å². The van der Waals surface area contributed by atoms with Crippen LogP contribution in [-0.2, 0) is 0 Å². The Balaban J connectivity index is 0.000000414. The molecule has 1 heterocycles. The maximum Gasteiger partial charge on any atom is 0.141 e. The molecule has 1 aromatic carbocycles. The molecule has 0 saturated heterocycles. The molecule has 0 amide bonds. The van der Waals surface area contributed by atoms with Gasteiger partial charge in [-0.1, -0.05) is 45.0 Å². The van der Waals surface area contributed by atoms with Crippen LogP contribution in [0.2, 0.25) is 0 Å². The fourth-order valence-electron chi connectivity index (χ4n) is 2.13. The van der Waals surface area contributed by atoms with Crippen molar-refractivity contribution in [1.82, 2.24) is 10.3 Å². The molecule has 2 rings (SSSR count). The number of rotatable bonds is 3. The van der Waals surface area contributed by atoms with Crippen LogP contribution >= 0.6 is 0 Å².